The van der Waals surface area contributed by atoms with Crippen molar-refractivity contribution in [1.82, 2.24) is 14.4 Å². The zero-order valence-electron chi connectivity index (χ0n) is 16.0. The number of fused-ring (bicyclic) bond motifs is 1. The van der Waals surface area contributed by atoms with Crippen molar-refractivity contribution in [1.29, 1.82) is 0 Å². The third kappa shape index (κ3) is 4.22. The molecular weight excluding hydrogens is 388 g/mol. The molecule has 0 saturated carbocycles. The van der Waals surface area contributed by atoms with Crippen LogP contribution in [0.25, 0.3) is 17.0 Å². The zero-order valence-corrected chi connectivity index (χ0v) is 16.8. The standard InChI is InChI=1S/C21H20N4O3S/c1-15-5-3-6-16(11-15)14-29(26,27)24-18-12-17(7-8-20(18)28-2)19-13-25-10-4-9-22-21(25)23-19/h3-13,24H,14H2,1-2H3. The van der Waals surface area contributed by atoms with E-state index in [1.54, 1.807) is 28.8 Å². The van der Waals surface area contributed by atoms with Crippen molar-refractivity contribution < 1.29 is 13.2 Å². The topological polar surface area (TPSA) is 85.6 Å². The van der Waals surface area contributed by atoms with Crippen molar-refractivity contribution in [2.45, 2.75) is 12.7 Å². The second kappa shape index (κ2) is 7.56. The molecule has 0 bridgehead atoms. The Kier molecular flexibility index (Phi) is 4.94. The first-order valence-corrected chi connectivity index (χ1v) is 10.6. The van der Waals surface area contributed by atoms with Crippen molar-refractivity contribution in [3.63, 3.8) is 0 Å². The van der Waals surface area contributed by atoms with Crippen LogP contribution in [0.2, 0.25) is 0 Å². The number of hydrogen-bond donors (Lipinski definition) is 1. The van der Waals surface area contributed by atoms with Gasteiger partial charge in [0.1, 0.15) is 5.75 Å². The SMILES string of the molecule is COc1ccc(-c2cn3cccnc3n2)cc1NS(=O)(=O)Cc1cccc(C)c1. The van der Waals surface area contributed by atoms with E-state index in [0.717, 1.165) is 16.7 Å². The van der Waals surface area contributed by atoms with Crippen molar-refractivity contribution in [2.24, 2.45) is 0 Å². The summed E-state index contributed by atoms with van der Waals surface area (Å²) in [4.78, 5) is 8.70. The first kappa shape index (κ1) is 18.9. The molecule has 7 nitrogen and oxygen atoms in total. The molecule has 0 aliphatic carbocycles. The number of aryl methyl sites for hydroxylation is 1. The van der Waals surface area contributed by atoms with Gasteiger partial charge in [-0.1, -0.05) is 29.8 Å². The van der Waals surface area contributed by atoms with E-state index in [2.05, 4.69) is 14.7 Å². The Labute approximate surface area is 169 Å². The van der Waals surface area contributed by atoms with E-state index in [-0.39, 0.29) is 5.75 Å². The molecule has 2 aromatic carbocycles. The van der Waals surface area contributed by atoms with E-state index in [4.69, 9.17) is 4.74 Å². The maximum atomic E-state index is 12.7. The van der Waals surface area contributed by atoms with Crippen molar-refractivity contribution in [3.05, 3.63) is 78.2 Å². The highest BCUT2D eigenvalue weighted by Gasteiger charge is 2.16. The van der Waals surface area contributed by atoms with Crippen LogP contribution in [0.5, 0.6) is 5.75 Å². The minimum Gasteiger partial charge on any atom is -0.495 e. The van der Waals surface area contributed by atoms with Gasteiger partial charge in [-0.15, -0.1) is 0 Å². The van der Waals surface area contributed by atoms with Gasteiger partial charge in [0.25, 0.3) is 0 Å². The summed E-state index contributed by atoms with van der Waals surface area (Å²) in [7, 11) is -2.13. The molecule has 0 saturated heterocycles. The van der Waals surface area contributed by atoms with Crippen LogP contribution in [0.4, 0.5) is 5.69 Å². The highest BCUT2D eigenvalue weighted by molar-refractivity contribution is 7.91. The lowest BCUT2D eigenvalue weighted by Gasteiger charge is -2.13. The van der Waals surface area contributed by atoms with Crippen LogP contribution in [-0.2, 0) is 15.8 Å². The van der Waals surface area contributed by atoms with Crippen LogP contribution in [-0.4, -0.2) is 29.9 Å². The Bertz CT molecular complexity index is 1250. The molecule has 0 fully saturated rings. The van der Waals surface area contributed by atoms with E-state index in [1.807, 2.05) is 49.6 Å². The summed E-state index contributed by atoms with van der Waals surface area (Å²) in [6.07, 6.45) is 5.37. The predicted molar refractivity (Wildman–Crippen MR) is 112 cm³/mol. The fourth-order valence-corrected chi connectivity index (χ4v) is 4.33. The molecule has 2 heterocycles. The molecule has 4 aromatic rings. The average molecular weight is 408 g/mol. The molecule has 148 valence electrons. The lowest BCUT2D eigenvalue weighted by Crippen LogP contribution is -2.15. The van der Waals surface area contributed by atoms with E-state index in [1.165, 1.54) is 7.11 Å². The maximum absolute atomic E-state index is 12.7. The first-order chi connectivity index (χ1) is 13.9. The fraction of sp³-hybridized carbons (Fsp3) is 0.143. The summed E-state index contributed by atoms with van der Waals surface area (Å²) in [5.41, 5.74) is 3.54. The first-order valence-electron chi connectivity index (χ1n) is 8.98. The minimum absolute atomic E-state index is 0.125. The smallest absolute Gasteiger partial charge is 0.237 e. The number of nitrogens with one attached hydrogen (secondary N) is 1. The van der Waals surface area contributed by atoms with E-state index in [9.17, 15) is 8.42 Å². The molecule has 0 aliphatic rings. The number of aromatic nitrogens is 3. The molecule has 8 heteroatoms. The van der Waals surface area contributed by atoms with E-state index < -0.39 is 10.0 Å². The number of benzene rings is 2. The monoisotopic (exact) mass is 408 g/mol. The third-order valence-corrected chi connectivity index (χ3v) is 5.68. The third-order valence-electron chi connectivity index (χ3n) is 4.44. The second-order valence-corrected chi connectivity index (χ2v) is 8.44. The molecule has 0 atom stereocenters. The normalized spacial score (nSPS) is 11.5. The number of nitrogens with zero attached hydrogens (tertiary/aromatic N) is 3. The minimum atomic E-state index is -3.63. The quantitative estimate of drug-likeness (QED) is 0.526. The number of rotatable bonds is 6. The van der Waals surface area contributed by atoms with Crippen LogP contribution >= 0.6 is 0 Å². The largest absolute Gasteiger partial charge is 0.495 e. The van der Waals surface area contributed by atoms with Gasteiger partial charge in [-0.05, 0) is 36.8 Å². The van der Waals surface area contributed by atoms with Gasteiger partial charge < -0.3 is 4.74 Å². The fourth-order valence-electron chi connectivity index (χ4n) is 3.14. The van der Waals surface area contributed by atoms with Crippen LogP contribution in [0.1, 0.15) is 11.1 Å². The highest BCUT2D eigenvalue weighted by atomic mass is 32.2. The molecule has 0 spiro atoms. The van der Waals surface area contributed by atoms with Gasteiger partial charge in [-0.2, -0.15) is 0 Å². The molecule has 29 heavy (non-hydrogen) atoms. The van der Waals surface area contributed by atoms with Crippen LogP contribution < -0.4 is 9.46 Å². The van der Waals surface area contributed by atoms with Crippen LogP contribution in [0.3, 0.4) is 0 Å². The number of sulfonamides is 1. The Morgan fingerprint density at radius 2 is 2.00 bits per heavy atom. The number of methoxy groups -OCH3 is 1. The van der Waals surface area contributed by atoms with Gasteiger partial charge in [-0.3, -0.25) is 9.12 Å². The number of ether oxygens (including phenoxy) is 1. The van der Waals surface area contributed by atoms with Crippen molar-refractivity contribution in [3.8, 4) is 17.0 Å². The van der Waals surface area contributed by atoms with Gasteiger partial charge in [-0.25, -0.2) is 18.4 Å². The second-order valence-electron chi connectivity index (χ2n) is 6.72. The van der Waals surface area contributed by atoms with E-state index in [0.29, 0.717) is 22.9 Å². The van der Waals surface area contributed by atoms with E-state index >= 15 is 0 Å². The zero-order chi connectivity index (χ0) is 20.4. The summed E-state index contributed by atoms with van der Waals surface area (Å²) >= 11 is 0. The molecule has 0 amide bonds. The van der Waals surface area contributed by atoms with Gasteiger partial charge in [0.2, 0.25) is 15.8 Å². The van der Waals surface area contributed by atoms with Gasteiger partial charge in [0.05, 0.1) is 24.2 Å². The summed E-state index contributed by atoms with van der Waals surface area (Å²) in [5, 5.41) is 0. The molecule has 0 aliphatic heterocycles. The summed E-state index contributed by atoms with van der Waals surface area (Å²) in [6, 6.07) is 14.5. The molecule has 0 radical (unpaired) electrons. The van der Waals surface area contributed by atoms with Crippen molar-refractivity contribution in [2.75, 3.05) is 11.8 Å². The summed E-state index contributed by atoms with van der Waals surface area (Å²) in [5.74, 6) is 0.878. The molecule has 2 aromatic heterocycles. The maximum Gasteiger partial charge on any atom is 0.237 e. The van der Waals surface area contributed by atoms with Crippen LogP contribution in [0, 0.1) is 6.92 Å². The Morgan fingerprint density at radius 3 is 2.76 bits per heavy atom. The molecule has 0 unspecified atom stereocenters. The van der Waals surface area contributed by atoms with Crippen molar-refractivity contribution >= 4 is 21.5 Å². The predicted octanol–water partition coefficient (Wildman–Crippen LogP) is 3.66. The van der Waals surface area contributed by atoms with Gasteiger partial charge >= 0.3 is 0 Å². The lowest BCUT2D eigenvalue weighted by molar-refractivity contribution is 0.417. The Balaban J connectivity index is 1.66. The highest BCUT2D eigenvalue weighted by Crippen LogP contribution is 2.31. The average Bonchev–Trinajstić information content (AvgIpc) is 3.11. The molecule has 1 N–H and O–H groups in total. The Hall–Kier alpha value is -3.39. The summed E-state index contributed by atoms with van der Waals surface area (Å²) in [6.45, 7) is 1.93. The number of imidazole rings is 1. The van der Waals surface area contributed by atoms with Gasteiger partial charge in [0.15, 0.2) is 0 Å². The molecule has 4 rings (SSSR count). The van der Waals surface area contributed by atoms with Crippen LogP contribution in [0.15, 0.2) is 67.1 Å². The Morgan fingerprint density at radius 1 is 1.14 bits per heavy atom. The summed E-state index contributed by atoms with van der Waals surface area (Å²) < 4.78 is 35.3. The molecular formula is C21H20N4O3S. The number of hydrogen-bond acceptors (Lipinski definition) is 5. The van der Waals surface area contributed by atoms with Gasteiger partial charge in [0, 0.05) is 24.2 Å². The lowest BCUT2D eigenvalue weighted by atomic mass is 10.1. The number of anilines is 1.